The van der Waals surface area contributed by atoms with Crippen LogP contribution in [-0.2, 0) is 6.42 Å². The Balaban J connectivity index is 2.39. The molecule has 0 radical (unpaired) electrons. The van der Waals surface area contributed by atoms with Crippen molar-refractivity contribution in [1.29, 1.82) is 0 Å². The molecule has 6 heteroatoms. The Labute approximate surface area is 180 Å². The van der Waals surface area contributed by atoms with Crippen LogP contribution in [0, 0.1) is 5.92 Å². The van der Waals surface area contributed by atoms with Crippen molar-refractivity contribution in [3.63, 3.8) is 0 Å². The number of rotatable bonds is 5. The van der Waals surface area contributed by atoms with E-state index in [2.05, 4.69) is 0 Å². The van der Waals surface area contributed by atoms with Gasteiger partial charge in [-0.15, -0.1) is 0 Å². The van der Waals surface area contributed by atoms with Crippen molar-refractivity contribution in [2.75, 3.05) is 0 Å². The summed E-state index contributed by atoms with van der Waals surface area (Å²) in [5, 5.41) is 41.1. The van der Waals surface area contributed by atoms with E-state index in [1.165, 1.54) is 18.2 Å². The maximum atomic E-state index is 13.4. The molecular formula is C25H26O6. The first-order chi connectivity index (χ1) is 14.6. The molecule has 3 rings (SSSR count). The van der Waals surface area contributed by atoms with Crippen LogP contribution < -0.4 is 5.43 Å². The van der Waals surface area contributed by atoms with E-state index < -0.39 is 5.43 Å². The fraction of sp³-hybridized carbons (Fsp3) is 0.240. The van der Waals surface area contributed by atoms with Crippen LogP contribution >= 0.6 is 0 Å². The Morgan fingerprint density at radius 2 is 1.77 bits per heavy atom. The fourth-order valence-corrected chi connectivity index (χ4v) is 3.25. The van der Waals surface area contributed by atoms with Gasteiger partial charge in [0, 0.05) is 17.7 Å². The van der Waals surface area contributed by atoms with E-state index in [-0.39, 0.29) is 68.8 Å². The highest BCUT2D eigenvalue weighted by molar-refractivity contribution is 5.92. The van der Waals surface area contributed by atoms with Crippen LogP contribution in [0.25, 0.3) is 28.4 Å². The van der Waals surface area contributed by atoms with E-state index in [1.54, 1.807) is 12.2 Å². The third-order valence-corrected chi connectivity index (χ3v) is 4.86. The molecule has 0 aliphatic carbocycles. The summed E-state index contributed by atoms with van der Waals surface area (Å²) in [6.07, 6.45) is 5.43. The predicted octanol–water partition coefficient (Wildman–Crippen LogP) is 5.46. The molecular weight excluding hydrogens is 396 g/mol. The van der Waals surface area contributed by atoms with Gasteiger partial charge in [-0.3, -0.25) is 4.79 Å². The van der Waals surface area contributed by atoms with Crippen LogP contribution in [0.4, 0.5) is 0 Å². The summed E-state index contributed by atoms with van der Waals surface area (Å²) in [7, 11) is 0. The number of hydrogen-bond donors (Lipinski definition) is 4. The molecule has 0 aliphatic heterocycles. The largest absolute Gasteiger partial charge is 0.508 e. The average Bonchev–Trinajstić information content (AvgIpc) is 2.66. The smallest absolute Gasteiger partial charge is 0.200 e. The zero-order chi connectivity index (χ0) is 22.9. The van der Waals surface area contributed by atoms with Crippen molar-refractivity contribution < 1.29 is 24.8 Å². The summed E-state index contributed by atoms with van der Waals surface area (Å²) < 4.78 is 5.94. The molecule has 162 valence electrons. The van der Waals surface area contributed by atoms with Gasteiger partial charge in [0.05, 0.1) is 11.1 Å². The Hall–Kier alpha value is -3.67. The molecule has 0 bridgehead atoms. The normalized spacial score (nSPS) is 11.5. The van der Waals surface area contributed by atoms with Crippen LogP contribution in [0.2, 0.25) is 0 Å². The number of phenols is 4. The van der Waals surface area contributed by atoms with E-state index in [0.717, 1.165) is 11.6 Å². The van der Waals surface area contributed by atoms with Gasteiger partial charge in [-0.2, -0.15) is 0 Å². The molecule has 3 aromatic rings. The molecule has 1 aromatic heterocycles. The number of aromatic hydroxyl groups is 4. The van der Waals surface area contributed by atoms with Crippen LogP contribution in [-0.4, -0.2) is 20.4 Å². The zero-order valence-electron chi connectivity index (χ0n) is 17.9. The van der Waals surface area contributed by atoms with Crippen LogP contribution in [0.3, 0.4) is 0 Å². The van der Waals surface area contributed by atoms with Crippen molar-refractivity contribution in [3.8, 4) is 34.3 Å². The minimum Gasteiger partial charge on any atom is -0.508 e. The quantitative estimate of drug-likeness (QED) is 0.406. The van der Waals surface area contributed by atoms with E-state index >= 15 is 0 Å². The summed E-state index contributed by atoms with van der Waals surface area (Å²) in [4.78, 5) is 13.4. The first-order valence-electron chi connectivity index (χ1n) is 9.98. The molecule has 0 fully saturated rings. The highest BCUT2D eigenvalue weighted by Gasteiger charge is 2.22. The van der Waals surface area contributed by atoms with Gasteiger partial charge in [0.2, 0.25) is 5.43 Å². The van der Waals surface area contributed by atoms with Crippen molar-refractivity contribution in [1.82, 2.24) is 0 Å². The van der Waals surface area contributed by atoms with Crippen molar-refractivity contribution in [3.05, 3.63) is 63.3 Å². The number of phenolic OH excluding ortho intramolecular Hbond substituents is 4. The predicted molar refractivity (Wildman–Crippen MR) is 122 cm³/mol. The van der Waals surface area contributed by atoms with Gasteiger partial charge in [0.25, 0.3) is 0 Å². The average molecular weight is 422 g/mol. The molecule has 0 amide bonds. The highest BCUT2D eigenvalue weighted by atomic mass is 16.3. The number of benzene rings is 2. The van der Waals surface area contributed by atoms with Gasteiger partial charge in [-0.25, -0.2) is 0 Å². The van der Waals surface area contributed by atoms with Gasteiger partial charge >= 0.3 is 0 Å². The van der Waals surface area contributed by atoms with Crippen molar-refractivity contribution in [2.24, 2.45) is 5.92 Å². The molecule has 0 saturated heterocycles. The van der Waals surface area contributed by atoms with E-state index in [9.17, 15) is 25.2 Å². The maximum absolute atomic E-state index is 13.4. The van der Waals surface area contributed by atoms with Crippen LogP contribution in [0.15, 0.2) is 51.2 Å². The van der Waals surface area contributed by atoms with Crippen molar-refractivity contribution >= 4 is 17.0 Å². The van der Waals surface area contributed by atoms with E-state index in [4.69, 9.17) is 4.42 Å². The molecule has 0 atom stereocenters. The lowest BCUT2D eigenvalue weighted by Gasteiger charge is -2.13. The summed E-state index contributed by atoms with van der Waals surface area (Å²) in [5.41, 5.74) is 1.12. The SMILES string of the molecule is CC(C)=CCc1c(-c2ccc(O)cc2O)oc2cc(O)c(/C=C/C(C)C)c(O)c2c1=O. The van der Waals surface area contributed by atoms with Gasteiger partial charge in [0.1, 0.15) is 39.7 Å². The highest BCUT2D eigenvalue weighted by Crippen LogP contribution is 2.40. The summed E-state index contributed by atoms with van der Waals surface area (Å²) in [5.74, 6) is -0.697. The molecule has 6 nitrogen and oxygen atoms in total. The molecule has 1 heterocycles. The number of hydrogen-bond acceptors (Lipinski definition) is 6. The Kier molecular flexibility index (Phi) is 6.11. The summed E-state index contributed by atoms with van der Waals surface area (Å²) >= 11 is 0. The Morgan fingerprint density at radius 1 is 1.06 bits per heavy atom. The molecule has 0 unspecified atom stereocenters. The summed E-state index contributed by atoms with van der Waals surface area (Å²) in [6, 6.07) is 5.25. The second-order valence-electron chi connectivity index (χ2n) is 8.06. The fourth-order valence-electron chi connectivity index (χ4n) is 3.25. The third kappa shape index (κ3) is 4.43. The topological polar surface area (TPSA) is 111 Å². The molecule has 0 spiro atoms. The minimum absolute atomic E-state index is 0.00915. The molecule has 2 aromatic carbocycles. The summed E-state index contributed by atoms with van der Waals surface area (Å²) in [6.45, 7) is 7.69. The Morgan fingerprint density at radius 3 is 2.39 bits per heavy atom. The van der Waals surface area contributed by atoms with Gasteiger partial charge in [0.15, 0.2) is 0 Å². The van der Waals surface area contributed by atoms with E-state index in [0.29, 0.717) is 0 Å². The lowest BCUT2D eigenvalue weighted by atomic mass is 9.98. The lowest BCUT2D eigenvalue weighted by molar-refractivity contribution is 0.448. The lowest BCUT2D eigenvalue weighted by Crippen LogP contribution is -2.11. The molecule has 31 heavy (non-hydrogen) atoms. The standard InChI is InChI=1S/C25H26O6/c1-13(2)5-8-16-20(28)12-21-22(23(16)29)24(30)18(9-6-14(3)4)25(31-21)17-10-7-15(26)11-19(17)27/h5-8,10-13,26-29H,9H2,1-4H3/b8-5+. The number of fused-ring (bicyclic) bond motifs is 1. The Bertz CT molecular complexity index is 1260. The molecule has 4 N–H and O–H groups in total. The van der Waals surface area contributed by atoms with Gasteiger partial charge in [-0.05, 0) is 38.3 Å². The van der Waals surface area contributed by atoms with Gasteiger partial charge in [-0.1, -0.05) is 37.6 Å². The maximum Gasteiger partial charge on any atom is 0.200 e. The molecule has 0 saturated carbocycles. The first kappa shape index (κ1) is 22.0. The first-order valence-corrected chi connectivity index (χ1v) is 9.98. The monoisotopic (exact) mass is 422 g/mol. The van der Waals surface area contributed by atoms with E-state index in [1.807, 2.05) is 33.8 Å². The number of allylic oxidation sites excluding steroid dienone is 3. The third-order valence-electron chi connectivity index (χ3n) is 4.86. The molecule has 0 aliphatic rings. The zero-order valence-corrected chi connectivity index (χ0v) is 17.9. The minimum atomic E-state index is -0.460. The van der Waals surface area contributed by atoms with Crippen molar-refractivity contribution in [2.45, 2.75) is 34.1 Å². The van der Waals surface area contributed by atoms with Crippen LogP contribution in [0.5, 0.6) is 23.0 Å². The second kappa shape index (κ2) is 8.60. The second-order valence-corrected chi connectivity index (χ2v) is 8.06. The van der Waals surface area contributed by atoms with Crippen LogP contribution in [0.1, 0.15) is 38.8 Å². The van der Waals surface area contributed by atoms with Gasteiger partial charge < -0.3 is 24.8 Å².